The van der Waals surface area contributed by atoms with Crippen molar-refractivity contribution in [2.75, 3.05) is 47.2 Å². The lowest BCUT2D eigenvalue weighted by atomic mass is 10.1. The third-order valence-corrected chi connectivity index (χ3v) is 6.76. The minimum absolute atomic E-state index is 0.0253. The molecule has 5 aromatic rings. The number of carbonyl (C=O) groups excluding carboxylic acids is 2. The summed E-state index contributed by atoms with van der Waals surface area (Å²) in [6.07, 6.45) is 5.31. The third-order valence-electron chi connectivity index (χ3n) is 6.76. The molecule has 1 aliphatic rings. The van der Waals surface area contributed by atoms with E-state index in [1.165, 1.54) is 19.1 Å². The predicted octanol–water partition coefficient (Wildman–Crippen LogP) is 5.33. The third kappa shape index (κ3) is 6.39. The first-order chi connectivity index (χ1) is 20.9. The highest BCUT2D eigenvalue weighted by atomic mass is 19.1. The number of morpholine rings is 1. The monoisotopic (exact) mass is 578 g/mol. The Morgan fingerprint density at radius 3 is 2.37 bits per heavy atom. The van der Waals surface area contributed by atoms with Crippen LogP contribution in [0.2, 0.25) is 0 Å². The molecule has 0 atom stereocenters. The molecular formula is C31H27FN8O3. The van der Waals surface area contributed by atoms with E-state index in [-0.39, 0.29) is 11.6 Å². The molecule has 2 aromatic carbocycles. The van der Waals surface area contributed by atoms with E-state index in [0.29, 0.717) is 54.5 Å². The molecule has 0 radical (unpaired) electrons. The van der Waals surface area contributed by atoms with Crippen molar-refractivity contribution in [1.29, 1.82) is 0 Å². The average Bonchev–Trinajstić information content (AvgIpc) is 3.02. The first-order valence-electron chi connectivity index (χ1n) is 13.6. The minimum Gasteiger partial charge on any atom is -0.378 e. The van der Waals surface area contributed by atoms with E-state index in [9.17, 15) is 14.0 Å². The van der Waals surface area contributed by atoms with Crippen LogP contribution < -0.4 is 20.9 Å². The zero-order valence-electron chi connectivity index (χ0n) is 23.2. The maximum Gasteiger partial charge on any atom is 0.323 e. The van der Waals surface area contributed by atoms with E-state index < -0.39 is 11.8 Å². The van der Waals surface area contributed by atoms with Crippen molar-refractivity contribution in [1.82, 2.24) is 19.9 Å². The average molecular weight is 579 g/mol. The number of carbonyl (C=O) groups is 2. The van der Waals surface area contributed by atoms with Crippen LogP contribution in [-0.4, -0.2) is 58.2 Å². The molecule has 43 heavy (non-hydrogen) atoms. The summed E-state index contributed by atoms with van der Waals surface area (Å²) in [6, 6.07) is 16.3. The molecule has 12 heteroatoms. The van der Waals surface area contributed by atoms with Gasteiger partial charge in [-0.05, 0) is 54.6 Å². The van der Waals surface area contributed by atoms with Gasteiger partial charge in [0.2, 0.25) is 5.91 Å². The maximum atomic E-state index is 14.4. The summed E-state index contributed by atoms with van der Waals surface area (Å²) in [4.78, 5) is 44.6. The molecule has 6 rings (SSSR count). The highest BCUT2D eigenvalue weighted by molar-refractivity contribution is 6.00. The molecule has 3 aromatic heterocycles. The number of amides is 3. The molecule has 3 amide bonds. The highest BCUT2D eigenvalue weighted by Gasteiger charge is 2.20. The van der Waals surface area contributed by atoms with E-state index in [4.69, 9.17) is 19.7 Å². The number of pyridine rings is 2. The van der Waals surface area contributed by atoms with E-state index >= 15 is 0 Å². The van der Waals surface area contributed by atoms with Crippen LogP contribution in [0.3, 0.4) is 0 Å². The van der Waals surface area contributed by atoms with Gasteiger partial charge < -0.3 is 25.6 Å². The van der Waals surface area contributed by atoms with Crippen LogP contribution in [-0.2, 0) is 9.53 Å². The Balaban J connectivity index is 1.25. The highest BCUT2D eigenvalue weighted by Crippen LogP contribution is 2.30. The van der Waals surface area contributed by atoms with Crippen molar-refractivity contribution in [2.45, 2.75) is 6.92 Å². The molecule has 0 spiro atoms. The van der Waals surface area contributed by atoms with Gasteiger partial charge in [0.25, 0.3) is 0 Å². The molecule has 0 bridgehead atoms. The van der Waals surface area contributed by atoms with Crippen LogP contribution in [0.25, 0.3) is 33.5 Å². The maximum absolute atomic E-state index is 14.4. The smallest absolute Gasteiger partial charge is 0.323 e. The van der Waals surface area contributed by atoms with Crippen LogP contribution in [0, 0.1) is 5.82 Å². The second kappa shape index (κ2) is 12.2. The molecular weight excluding hydrogens is 551 g/mol. The number of hydrogen-bond donors (Lipinski definition) is 3. The van der Waals surface area contributed by atoms with Crippen molar-refractivity contribution in [2.24, 2.45) is 0 Å². The summed E-state index contributed by atoms with van der Waals surface area (Å²) in [5.74, 6) is 0.243. The van der Waals surface area contributed by atoms with Gasteiger partial charge in [0.1, 0.15) is 11.3 Å². The fourth-order valence-corrected chi connectivity index (χ4v) is 4.70. The zero-order chi connectivity index (χ0) is 29.8. The molecule has 0 unspecified atom stereocenters. The summed E-state index contributed by atoms with van der Waals surface area (Å²) < 4.78 is 20.0. The summed E-state index contributed by atoms with van der Waals surface area (Å²) in [5, 5.41) is 7.67. The molecule has 1 aliphatic heterocycles. The largest absolute Gasteiger partial charge is 0.378 e. The van der Waals surface area contributed by atoms with Crippen LogP contribution in [0.4, 0.5) is 32.1 Å². The Morgan fingerprint density at radius 1 is 0.860 bits per heavy atom. The summed E-state index contributed by atoms with van der Waals surface area (Å²) in [5.41, 5.74) is 4.73. The second-order valence-electron chi connectivity index (χ2n) is 9.84. The van der Waals surface area contributed by atoms with Gasteiger partial charge in [-0.25, -0.2) is 19.2 Å². The number of urea groups is 1. The first-order valence-corrected chi connectivity index (χ1v) is 13.6. The number of nitrogens with zero attached hydrogens (tertiary/aromatic N) is 5. The molecule has 0 aliphatic carbocycles. The quantitative estimate of drug-likeness (QED) is 0.246. The van der Waals surface area contributed by atoms with E-state index in [1.54, 1.807) is 42.9 Å². The van der Waals surface area contributed by atoms with E-state index in [2.05, 4.69) is 25.8 Å². The Morgan fingerprint density at radius 2 is 1.65 bits per heavy atom. The first kappa shape index (κ1) is 27.7. The van der Waals surface area contributed by atoms with Gasteiger partial charge in [-0.1, -0.05) is 6.07 Å². The lowest BCUT2D eigenvalue weighted by molar-refractivity contribution is -0.114. The van der Waals surface area contributed by atoms with Gasteiger partial charge in [0, 0.05) is 66.7 Å². The Kier molecular flexibility index (Phi) is 7.83. The molecule has 4 heterocycles. The number of nitrogens with one attached hydrogen (secondary N) is 3. The Hall–Kier alpha value is -5.49. The van der Waals surface area contributed by atoms with Crippen LogP contribution in [0.15, 0.2) is 79.3 Å². The van der Waals surface area contributed by atoms with Crippen molar-refractivity contribution in [3.05, 3.63) is 85.1 Å². The summed E-state index contributed by atoms with van der Waals surface area (Å²) in [7, 11) is 0. The number of anilines is 4. The van der Waals surface area contributed by atoms with Crippen molar-refractivity contribution < 1.29 is 18.7 Å². The van der Waals surface area contributed by atoms with Crippen LogP contribution >= 0.6 is 0 Å². The standard InChI is InChI=1S/C31H27FN8O3/c1-19(41)35-24-8-9-26(25(32)16-24)38-31(42)36-23-6-4-20(5-7-23)29-37-27-15-22(21-3-2-10-33-17-21)18-34-28(27)30(39-29)40-11-13-43-14-12-40/h2-10,15-18H,11-14H2,1H3,(H,35,41)(H2,36,38,42). The van der Waals surface area contributed by atoms with Gasteiger partial charge >= 0.3 is 6.03 Å². The summed E-state index contributed by atoms with van der Waals surface area (Å²) in [6.45, 7) is 3.90. The normalized spacial score (nSPS) is 13.0. The fraction of sp³-hybridized carbons (Fsp3) is 0.161. The van der Waals surface area contributed by atoms with E-state index in [1.807, 2.05) is 18.2 Å². The topological polar surface area (TPSA) is 134 Å². The van der Waals surface area contributed by atoms with Crippen molar-refractivity contribution in [3.8, 4) is 22.5 Å². The number of fused-ring (bicyclic) bond motifs is 1. The molecule has 1 fully saturated rings. The fourth-order valence-electron chi connectivity index (χ4n) is 4.70. The van der Waals surface area contributed by atoms with Gasteiger partial charge in [-0.3, -0.25) is 14.8 Å². The number of ether oxygens (including phenoxy) is 1. The Bertz CT molecular complexity index is 1800. The van der Waals surface area contributed by atoms with Crippen LogP contribution in [0.1, 0.15) is 6.92 Å². The van der Waals surface area contributed by atoms with Gasteiger partial charge in [0.05, 0.1) is 24.4 Å². The number of halogens is 1. The van der Waals surface area contributed by atoms with Crippen LogP contribution in [0.5, 0.6) is 0 Å². The van der Waals surface area contributed by atoms with Gasteiger partial charge in [-0.2, -0.15) is 0 Å². The SMILES string of the molecule is CC(=O)Nc1ccc(NC(=O)Nc2ccc(-c3nc(N4CCOCC4)c4ncc(-c5cccnc5)cc4n3)cc2)c(F)c1. The lowest BCUT2D eigenvalue weighted by Crippen LogP contribution is -2.37. The minimum atomic E-state index is -0.678. The predicted molar refractivity (Wildman–Crippen MR) is 162 cm³/mol. The molecule has 3 N–H and O–H groups in total. The van der Waals surface area contributed by atoms with Gasteiger partial charge in [0.15, 0.2) is 11.6 Å². The Labute approximate surface area is 246 Å². The molecule has 0 saturated carbocycles. The molecule has 216 valence electrons. The van der Waals surface area contributed by atoms with Gasteiger partial charge in [-0.15, -0.1) is 0 Å². The molecule has 11 nitrogen and oxygen atoms in total. The second-order valence-corrected chi connectivity index (χ2v) is 9.84. The number of hydrogen-bond acceptors (Lipinski definition) is 8. The lowest BCUT2D eigenvalue weighted by Gasteiger charge is -2.28. The number of benzene rings is 2. The number of aromatic nitrogens is 4. The number of rotatable bonds is 6. The van der Waals surface area contributed by atoms with Crippen molar-refractivity contribution >= 4 is 45.9 Å². The zero-order valence-corrected chi connectivity index (χ0v) is 23.2. The summed E-state index contributed by atoms with van der Waals surface area (Å²) >= 11 is 0. The van der Waals surface area contributed by atoms with Crippen molar-refractivity contribution in [3.63, 3.8) is 0 Å². The molecule has 1 saturated heterocycles. The van der Waals surface area contributed by atoms with E-state index in [0.717, 1.165) is 28.6 Å².